The Balaban J connectivity index is 2.12. The minimum atomic E-state index is -0.366. The Bertz CT molecular complexity index is 720. The third kappa shape index (κ3) is 4.85. The lowest BCUT2D eigenvalue weighted by atomic mass is 10.1. The van der Waals surface area contributed by atoms with Crippen molar-refractivity contribution in [1.82, 2.24) is 9.80 Å². The smallest absolute Gasteiger partial charge is 0.409 e. The number of carbonyl (C=O) groups is 2. The van der Waals surface area contributed by atoms with Crippen LogP contribution in [-0.4, -0.2) is 66.5 Å². The Morgan fingerprint density at radius 1 is 1.08 bits per heavy atom. The summed E-state index contributed by atoms with van der Waals surface area (Å²) in [5.74, 6) is -0.562. The average Bonchev–Trinajstić information content (AvgIpc) is 2.61. The normalized spacial score (nSPS) is 14.7. The molecule has 1 saturated heterocycles. The number of piperazine rings is 1. The summed E-state index contributed by atoms with van der Waals surface area (Å²) in [6.07, 6.45) is -0.366. The van der Waals surface area contributed by atoms with Gasteiger partial charge in [-0.3, -0.25) is 4.79 Å². The van der Waals surface area contributed by atoms with Gasteiger partial charge in [-0.15, -0.1) is 0 Å². The summed E-state index contributed by atoms with van der Waals surface area (Å²) in [5.41, 5.74) is 16.9. The standard InChI is InChI=1S/C16H23N7O3/c1-2-26-16(25)23-9-7-22(8-10-23)13(24)11-5-3-4-6-12(11)20-15(19)21-14(17)18/h3-6H,2,7-10H2,1H3,(H6,17,18,19,20,21). The average molecular weight is 361 g/mol. The molecule has 0 aromatic heterocycles. The van der Waals surface area contributed by atoms with E-state index in [9.17, 15) is 9.59 Å². The summed E-state index contributed by atoms with van der Waals surface area (Å²) in [5, 5.41) is 0. The quantitative estimate of drug-likeness (QED) is 0.501. The summed E-state index contributed by atoms with van der Waals surface area (Å²) >= 11 is 0. The first-order chi connectivity index (χ1) is 12.4. The second-order valence-electron chi connectivity index (χ2n) is 5.50. The van der Waals surface area contributed by atoms with Crippen molar-refractivity contribution in [2.45, 2.75) is 6.92 Å². The van der Waals surface area contributed by atoms with Gasteiger partial charge in [-0.1, -0.05) is 12.1 Å². The molecule has 10 nitrogen and oxygen atoms in total. The first-order valence-corrected chi connectivity index (χ1v) is 8.16. The van der Waals surface area contributed by atoms with Gasteiger partial charge < -0.3 is 31.7 Å². The fourth-order valence-corrected chi connectivity index (χ4v) is 2.51. The fraction of sp³-hybridized carbons (Fsp3) is 0.375. The maximum atomic E-state index is 12.8. The SMILES string of the molecule is CCOC(=O)N1CCN(C(=O)c2ccccc2N=C(N)N=C(N)N)CC1. The van der Waals surface area contributed by atoms with E-state index in [-0.39, 0.29) is 23.9 Å². The molecule has 0 atom stereocenters. The van der Waals surface area contributed by atoms with Crippen molar-refractivity contribution < 1.29 is 14.3 Å². The number of rotatable bonds is 3. The number of amides is 2. The van der Waals surface area contributed by atoms with Crippen molar-refractivity contribution in [1.29, 1.82) is 0 Å². The van der Waals surface area contributed by atoms with Gasteiger partial charge in [-0.25, -0.2) is 9.79 Å². The topological polar surface area (TPSA) is 153 Å². The number of guanidine groups is 2. The van der Waals surface area contributed by atoms with Crippen LogP contribution < -0.4 is 17.2 Å². The highest BCUT2D eigenvalue weighted by Gasteiger charge is 2.26. The molecule has 26 heavy (non-hydrogen) atoms. The van der Waals surface area contributed by atoms with Gasteiger partial charge in [0.25, 0.3) is 5.91 Å². The molecule has 0 aliphatic carbocycles. The number of ether oxygens (including phenoxy) is 1. The molecule has 1 aromatic rings. The van der Waals surface area contributed by atoms with Crippen molar-refractivity contribution in [2.24, 2.45) is 27.2 Å². The molecule has 2 amide bonds. The van der Waals surface area contributed by atoms with Gasteiger partial charge >= 0.3 is 6.09 Å². The predicted molar refractivity (Wildman–Crippen MR) is 98.0 cm³/mol. The highest BCUT2D eigenvalue weighted by atomic mass is 16.6. The molecule has 0 radical (unpaired) electrons. The van der Waals surface area contributed by atoms with Crippen LogP contribution >= 0.6 is 0 Å². The lowest BCUT2D eigenvalue weighted by Gasteiger charge is -2.34. The lowest BCUT2D eigenvalue weighted by Crippen LogP contribution is -2.50. The molecule has 10 heteroatoms. The van der Waals surface area contributed by atoms with E-state index in [1.165, 1.54) is 0 Å². The molecular weight excluding hydrogens is 338 g/mol. The van der Waals surface area contributed by atoms with E-state index in [4.69, 9.17) is 21.9 Å². The number of para-hydroxylation sites is 1. The molecule has 1 aliphatic rings. The lowest BCUT2D eigenvalue weighted by molar-refractivity contribution is 0.0571. The van der Waals surface area contributed by atoms with Crippen LogP contribution in [0.15, 0.2) is 34.3 Å². The molecule has 0 bridgehead atoms. The number of nitrogens with two attached hydrogens (primary N) is 3. The van der Waals surface area contributed by atoms with E-state index in [1.54, 1.807) is 41.0 Å². The van der Waals surface area contributed by atoms with Crippen molar-refractivity contribution in [3.05, 3.63) is 29.8 Å². The van der Waals surface area contributed by atoms with Gasteiger partial charge in [0.05, 0.1) is 17.9 Å². The first kappa shape index (κ1) is 19.0. The number of benzene rings is 1. The summed E-state index contributed by atoms with van der Waals surface area (Å²) in [7, 11) is 0. The Hall–Kier alpha value is -3.30. The summed E-state index contributed by atoms with van der Waals surface area (Å²) < 4.78 is 4.98. The first-order valence-electron chi connectivity index (χ1n) is 8.16. The molecule has 0 spiro atoms. The number of hydrogen-bond acceptors (Lipinski definition) is 4. The van der Waals surface area contributed by atoms with Gasteiger partial charge in [0.1, 0.15) is 0 Å². The van der Waals surface area contributed by atoms with E-state index in [0.717, 1.165) is 0 Å². The van der Waals surface area contributed by atoms with E-state index in [2.05, 4.69) is 9.98 Å². The van der Waals surface area contributed by atoms with Crippen molar-refractivity contribution >= 4 is 29.6 Å². The zero-order valence-corrected chi connectivity index (χ0v) is 14.6. The number of carbonyl (C=O) groups excluding carboxylic acids is 2. The molecular formula is C16H23N7O3. The third-order valence-corrected chi connectivity index (χ3v) is 3.71. The predicted octanol–water partition coefficient (Wildman–Crippen LogP) is -0.179. The Kier molecular flexibility index (Phi) is 6.36. The van der Waals surface area contributed by atoms with Gasteiger partial charge in [0.15, 0.2) is 5.96 Å². The summed E-state index contributed by atoms with van der Waals surface area (Å²) in [6.45, 7) is 3.69. The van der Waals surface area contributed by atoms with Crippen LogP contribution in [0.1, 0.15) is 17.3 Å². The molecule has 1 fully saturated rings. The van der Waals surface area contributed by atoms with Crippen LogP contribution in [0, 0.1) is 0 Å². The Labute approximate surface area is 151 Å². The molecule has 1 aromatic carbocycles. The van der Waals surface area contributed by atoms with Crippen molar-refractivity contribution in [3.63, 3.8) is 0 Å². The second-order valence-corrected chi connectivity index (χ2v) is 5.50. The number of aliphatic imine (C=N–C) groups is 2. The van der Waals surface area contributed by atoms with Crippen LogP contribution in [0.3, 0.4) is 0 Å². The van der Waals surface area contributed by atoms with E-state index in [1.807, 2.05) is 0 Å². The van der Waals surface area contributed by atoms with E-state index >= 15 is 0 Å². The van der Waals surface area contributed by atoms with Crippen molar-refractivity contribution in [3.8, 4) is 0 Å². The molecule has 2 rings (SSSR count). The Morgan fingerprint density at radius 3 is 2.31 bits per heavy atom. The zero-order valence-electron chi connectivity index (χ0n) is 14.6. The van der Waals surface area contributed by atoms with Crippen LogP contribution in [0.5, 0.6) is 0 Å². The highest BCUT2D eigenvalue weighted by molar-refractivity contribution is 6.01. The number of hydrogen-bond donors (Lipinski definition) is 3. The van der Waals surface area contributed by atoms with Crippen LogP contribution in [0.2, 0.25) is 0 Å². The minimum Gasteiger partial charge on any atom is -0.450 e. The fourth-order valence-electron chi connectivity index (χ4n) is 2.51. The maximum Gasteiger partial charge on any atom is 0.409 e. The number of nitrogens with zero attached hydrogens (tertiary/aromatic N) is 4. The molecule has 0 unspecified atom stereocenters. The monoisotopic (exact) mass is 361 g/mol. The molecule has 0 saturated carbocycles. The molecule has 6 N–H and O–H groups in total. The van der Waals surface area contributed by atoms with Crippen molar-refractivity contribution in [2.75, 3.05) is 32.8 Å². The van der Waals surface area contributed by atoms with E-state index in [0.29, 0.717) is 44.0 Å². The zero-order chi connectivity index (χ0) is 19.1. The van der Waals surface area contributed by atoms with Crippen LogP contribution in [0.25, 0.3) is 0 Å². The van der Waals surface area contributed by atoms with E-state index < -0.39 is 0 Å². The highest BCUT2D eigenvalue weighted by Crippen LogP contribution is 2.21. The second kappa shape index (κ2) is 8.70. The van der Waals surface area contributed by atoms with Gasteiger partial charge in [-0.2, -0.15) is 4.99 Å². The van der Waals surface area contributed by atoms with Gasteiger partial charge in [-0.05, 0) is 19.1 Å². The minimum absolute atomic E-state index is 0.141. The maximum absolute atomic E-state index is 12.8. The van der Waals surface area contributed by atoms with Gasteiger partial charge in [0.2, 0.25) is 5.96 Å². The van der Waals surface area contributed by atoms with Crippen LogP contribution in [0.4, 0.5) is 10.5 Å². The molecule has 1 aliphatic heterocycles. The molecule has 140 valence electrons. The summed E-state index contributed by atoms with van der Waals surface area (Å²) in [6, 6.07) is 6.77. The largest absolute Gasteiger partial charge is 0.450 e. The third-order valence-electron chi connectivity index (χ3n) is 3.71. The Morgan fingerprint density at radius 2 is 1.69 bits per heavy atom. The summed E-state index contributed by atoms with van der Waals surface area (Å²) in [4.78, 5) is 35.5. The van der Waals surface area contributed by atoms with Crippen LogP contribution in [-0.2, 0) is 4.74 Å². The molecule has 1 heterocycles. The van der Waals surface area contributed by atoms with Gasteiger partial charge in [0, 0.05) is 26.2 Å².